The number of hydrogen-bond acceptors (Lipinski definition) is 6. The maximum absolute atomic E-state index is 12.3. The third-order valence-electron chi connectivity index (χ3n) is 5.56. The summed E-state index contributed by atoms with van der Waals surface area (Å²) in [5, 5.41) is 8.82. The molecular formula is C30H29N3O5. The fourth-order valence-corrected chi connectivity index (χ4v) is 3.71. The first kappa shape index (κ1) is 26.2. The van der Waals surface area contributed by atoms with Gasteiger partial charge >= 0.3 is 0 Å². The molecule has 0 saturated heterocycles. The van der Waals surface area contributed by atoms with Crippen LogP contribution in [0.5, 0.6) is 17.2 Å². The van der Waals surface area contributed by atoms with E-state index in [1.807, 2.05) is 80.6 Å². The topological polar surface area (TPSA) is 98.2 Å². The highest BCUT2D eigenvalue weighted by molar-refractivity contribution is 5.92. The van der Waals surface area contributed by atoms with E-state index in [9.17, 15) is 9.59 Å². The van der Waals surface area contributed by atoms with Crippen molar-refractivity contribution >= 4 is 34.5 Å². The highest BCUT2D eigenvalue weighted by Gasteiger charge is 2.10. The molecule has 0 heterocycles. The van der Waals surface area contributed by atoms with E-state index >= 15 is 0 Å². The van der Waals surface area contributed by atoms with E-state index in [1.54, 1.807) is 18.2 Å². The molecule has 8 nitrogen and oxygen atoms in total. The van der Waals surface area contributed by atoms with Gasteiger partial charge in [-0.25, -0.2) is 5.43 Å². The summed E-state index contributed by atoms with van der Waals surface area (Å²) in [6.07, 6.45) is 1.49. The minimum absolute atomic E-state index is 0.172. The first-order valence-electron chi connectivity index (χ1n) is 12.2. The molecule has 0 aliphatic rings. The number of amides is 2. The number of benzene rings is 4. The van der Waals surface area contributed by atoms with Crippen LogP contribution < -0.4 is 25.0 Å². The molecule has 4 aromatic rings. The molecule has 2 amide bonds. The molecule has 0 saturated carbocycles. The first-order valence-corrected chi connectivity index (χ1v) is 12.2. The molecular weight excluding hydrogens is 482 g/mol. The van der Waals surface area contributed by atoms with Crippen molar-refractivity contribution in [3.8, 4) is 17.2 Å². The van der Waals surface area contributed by atoms with Gasteiger partial charge in [-0.15, -0.1) is 0 Å². The Balaban J connectivity index is 1.30. The number of aryl methyl sites for hydroxylation is 1. The largest absolute Gasteiger partial charge is 0.490 e. The van der Waals surface area contributed by atoms with Gasteiger partial charge in [-0.1, -0.05) is 54.6 Å². The molecule has 0 atom stereocenters. The second-order valence-corrected chi connectivity index (χ2v) is 8.35. The van der Waals surface area contributed by atoms with Gasteiger partial charge in [0.1, 0.15) is 5.75 Å². The number of nitrogens with one attached hydrogen (secondary N) is 2. The van der Waals surface area contributed by atoms with Crippen LogP contribution in [-0.4, -0.2) is 37.8 Å². The van der Waals surface area contributed by atoms with Gasteiger partial charge in [-0.3, -0.25) is 9.59 Å². The minimum atomic E-state index is -0.390. The molecule has 0 bridgehead atoms. The Morgan fingerprint density at radius 1 is 0.789 bits per heavy atom. The molecule has 0 aliphatic heterocycles. The number of rotatable bonds is 11. The monoisotopic (exact) mass is 511 g/mol. The second kappa shape index (κ2) is 12.9. The fraction of sp³-hybridized carbons (Fsp3) is 0.167. The third kappa shape index (κ3) is 7.10. The van der Waals surface area contributed by atoms with Crippen LogP contribution in [0.15, 0.2) is 90.0 Å². The maximum Gasteiger partial charge on any atom is 0.277 e. The molecule has 0 fully saturated rings. The van der Waals surface area contributed by atoms with E-state index in [-0.39, 0.29) is 25.0 Å². The number of ether oxygens (including phenoxy) is 3. The first-order chi connectivity index (χ1) is 18.5. The van der Waals surface area contributed by atoms with Gasteiger partial charge in [-0.05, 0) is 60.7 Å². The molecule has 0 spiro atoms. The number of hydrogen-bond donors (Lipinski definition) is 2. The molecule has 4 aromatic carbocycles. The van der Waals surface area contributed by atoms with Crippen molar-refractivity contribution in [1.82, 2.24) is 5.43 Å². The zero-order valence-electron chi connectivity index (χ0n) is 21.3. The van der Waals surface area contributed by atoms with E-state index < -0.39 is 0 Å². The highest BCUT2D eigenvalue weighted by atomic mass is 16.5. The lowest BCUT2D eigenvalue weighted by molar-refractivity contribution is -0.123. The molecule has 38 heavy (non-hydrogen) atoms. The Hall–Kier alpha value is -4.85. The predicted molar refractivity (Wildman–Crippen MR) is 148 cm³/mol. The lowest BCUT2D eigenvalue weighted by Gasteiger charge is -2.13. The molecule has 0 aliphatic carbocycles. The van der Waals surface area contributed by atoms with Crippen LogP contribution in [0.25, 0.3) is 10.8 Å². The Kier molecular flexibility index (Phi) is 8.91. The molecule has 0 aromatic heterocycles. The molecule has 8 heteroatoms. The van der Waals surface area contributed by atoms with Crippen LogP contribution in [0.2, 0.25) is 0 Å². The Morgan fingerprint density at radius 2 is 1.53 bits per heavy atom. The zero-order chi connectivity index (χ0) is 26.7. The van der Waals surface area contributed by atoms with Crippen LogP contribution in [0, 0.1) is 6.92 Å². The number of carbonyl (C=O) groups excluding carboxylic acids is 2. The van der Waals surface area contributed by atoms with Crippen LogP contribution >= 0.6 is 0 Å². The van der Waals surface area contributed by atoms with Crippen molar-refractivity contribution < 1.29 is 23.8 Å². The number of anilines is 1. The van der Waals surface area contributed by atoms with Gasteiger partial charge < -0.3 is 19.5 Å². The van der Waals surface area contributed by atoms with E-state index in [2.05, 4.69) is 15.8 Å². The third-order valence-corrected chi connectivity index (χ3v) is 5.56. The average molecular weight is 512 g/mol. The molecule has 0 unspecified atom stereocenters. The van der Waals surface area contributed by atoms with E-state index in [1.165, 1.54) is 6.21 Å². The van der Waals surface area contributed by atoms with Crippen molar-refractivity contribution in [2.24, 2.45) is 5.10 Å². The summed E-state index contributed by atoms with van der Waals surface area (Å²) in [5.41, 5.74) is 4.85. The normalized spacial score (nSPS) is 10.8. The van der Waals surface area contributed by atoms with Gasteiger partial charge in [0.05, 0.1) is 12.8 Å². The Bertz CT molecular complexity index is 1450. The average Bonchev–Trinajstić information content (AvgIpc) is 2.93. The molecule has 0 radical (unpaired) electrons. The van der Waals surface area contributed by atoms with Crippen molar-refractivity contribution in [2.45, 2.75) is 13.8 Å². The van der Waals surface area contributed by atoms with Crippen molar-refractivity contribution in [2.75, 3.05) is 25.1 Å². The number of carbonyl (C=O) groups is 2. The van der Waals surface area contributed by atoms with Crippen LogP contribution in [0.4, 0.5) is 5.69 Å². The number of nitrogens with zero attached hydrogens (tertiary/aromatic N) is 1. The maximum atomic E-state index is 12.3. The SMILES string of the molecule is CCOc1cc(/C=N/NC(=O)COc2cccc3ccccc23)ccc1OCC(=O)Nc1ccccc1C. The standard InChI is InChI=1S/C30H29N3O5/c1-3-36-28-17-22(15-16-27(28)38-19-29(34)32-25-13-7-4-9-21(25)2)18-31-33-30(35)20-37-26-14-8-11-23-10-5-6-12-24(23)26/h4-18H,3,19-20H2,1-2H3,(H,32,34)(H,33,35)/b31-18+. The highest BCUT2D eigenvalue weighted by Crippen LogP contribution is 2.28. The van der Waals surface area contributed by atoms with Crippen molar-refractivity contribution in [1.29, 1.82) is 0 Å². The quantitative estimate of drug-likeness (QED) is 0.216. The van der Waals surface area contributed by atoms with Gasteiger partial charge in [-0.2, -0.15) is 5.10 Å². The van der Waals surface area contributed by atoms with Crippen molar-refractivity contribution in [3.63, 3.8) is 0 Å². The van der Waals surface area contributed by atoms with Crippen molar-refractivity contribution in [3.05, 3.63) is 96.1 Å². The summed E-state index contributed by atoms with van der Waals surface area (Å²) in [5.74, 6) is 0.855. The summed E-state index contributed by atoms with van der Waals surface area (Å²) in [7, 11) is 0. The van der Waals surface area contributed by atoms with E-state index in [0.717, 1.165) is 22.0 Å². The summed E-state index contributed by atoms with van der Waals surface area (Å²) in [6, 6.07) is 26.2. The van der Waals surface area contributed by atoms with Crippen LogP contribution in [0.3, 0.4) is 0 Å². The van der Waals surface area contributed by atoms with Crippen LogP contribution in [0.1, 0.15) is 18.1 Å². The summed E-state index contributed by atoms with van der Waals surface area (Å²) >= 11 is 0. The molecule has 2 N–H and O–H groups in total. The Labute approximate surface area is 221 Å². The van der Waals surface area contributed by atoms with E-state index in [0.29, 0.717) is 29.4 Å². The summed E-state index contributed by atoms with van der Waals surface area (Å²) in [6.45, 7) is 3.84. The minimum Gasteiger partial charge on any atom is -0.490 e. The Morgan fingerprint density at radius 3 is 2.37 bits per heavy atom. The second-order valence-electron chi connectivity index (χ2n) is 8.35. The smallest absolute Gasteiger partial charge is 0.277 e. The fourth-order valence-electron chi connectivity index (χ4n) is 3.71. The summed E-state index contributed by atoms with van der Waals surface area (Å²) in [4.78, 5) is 24.6. The lowest BCUT2D eigenvalue weighted by Crippen LogP contribution is -2.24. The predicted octanol–water partition coefficient (Wildman–Crippen LogP) is 5.09. The van der Waals surface area contributed by atoms with Gasteiger partial charge in [0.2, 0.25) is 0 Å². The molecule has 194 valence electrons. The molecule has 4 rings (SSSR count). The zero-order valence-corrected chi connectivity index (χ0v) is 21.3. The number of hydrazone groups is 1. The van der Waals surface area contributed by atoms with Gasteiger partial charge in [0.25, 0.3) is 11.8 Å². The van der Waals surface area contributed by atoms with Crippen LogP contribution in [-0.2, 0) is 9.59 Å². The van der Waals surface area contributed by atoms with Gasteiger partial charge in [0.15, 0.2) is 24.7 Å². The summed E-state index contributed by atoms with van der Waals surface area (Å²) < 4.78 is 17.1. The van der Waals surface area contributed by atoms with Gasteiger partial charge in [0, 0.05) is 11.1 Å². The van der Waals surface area contributed by atoms with E-state index in [4.69, 9.17) is 14.2 Å². The number of para-hydroxylation sites is 1. The number of fused-ring (bicyclic) bond motifs is 1. The lowest BCUT2D eigenvalue weighted by atomic mass is 10.1.